The predicted molar refractivity (Wildman–Crippen MR) is 307 cm³/mol. The maximum atomic E-state index is 13.4. The molecule has 8 aromatic rings. The van der Waals surface area contributed by atoms with Gasteiger partial charge in [-0.3, -0.25) is 18.0 Å². The zero-order chi connectivity index (χ0) is 53.2. The zero-order valence-electron chi connectivity index (χ0n) is 43.3. The van der Waals surface area contributed by atoms with E-state index >= 15 is 0 Å². The monoisotopic (exact) mass is 1050 g/mol. The van der Waals surface area contributed by atoms with E-state index in [9.17, 15) is 18.0 Å². The summed E-state index contributed by atoms with van der Waals surface area (Å²) in [6, 6.07) is 46.2. The minimum absolute atomic E-state index is 0.00891. The molecule has 0 aliphatic rings. The van der Waals surface area contributed by atoms with E-state index in [0.717, 1.165) is 95.0 Å². The highest BCUT2D eigenvalue weighted by atomic mass is 32.2. The van der Waals surface area contributed by atoms with Crippen LogP contribution in [0.3, 0.4) is 0 Å². The fourth-order valence-electron chi connectivity index (χ4n) is 8.48. The molecule has 2 amide bonds. The second kappa shape index (κ2) is 27.0. The van der Waals surface area contributed by atoms with Crippen LogP contribution >= 0.6 is 0 Å². The van der Waals surface area contributed by atoms with Crippen LogP contribution in [0.4, 0.5) is 11.4 Å². The predicted octanol–water partition coefficient (Wildman–Crippen LogP) is 13.2. The summed E-state index contributed by atoms with van der Waals surface area (Å²) in [4.78, 5) is 35.6. The van der Waals surface area contributed by atoms with Crippen LogP contribution in [0.1, 0.15) is 75.9 Å². The van der Waals surface area contributed by atoms with Gasteiger partial charge in [0.05, 0.1) is 69.4 Å². The van der Waals surface area contributed by atoms with E-state index in [2.05, 4.69) is 39.0 Å². The number of imidazole rings is 2. The van der Waals surface area contributed by atoms with E-state index in [1.807, 2.05) is 115 Å². The molecule has 0 spiro atoms. The lowest BCUT2D eigenvalue weighted by molar-refractivity contribution is -0.112. The summed E-state index contributed by atoms with van der Waals surface area (Å²) < 4.78 is 42.6. The number of hydrogen-bond donors (Lipinski definition) is 2. The Labute approximate surface area is 450 Å². The van der Waals surface area contributed by atoms with Gasteiger partial charge >= 0.3 is 0 Å². The fraction of sp³-hybridized carbons (Fsp3) is 0.226. The van der Waals surface area contributed by atoms with Gasteiger partial charge in [-0.15, -0.1) is 0 Å². The van der Waals surface area contributed by atoms with Crippen LogP contribution in [0.25, 0.3) is 34.4 Å². The molecule has 2 aromatic heterocycles. The van der Waals surface area contributed by atoms with E-state index in [-0.39, 0.29) is 24.0 Å². The maximum absolute atomic E-state index is 13.4. The van der Waals surface area contributed by atoms with E-state index < -0.39 is 21.6 Å². The van der Waals surface area contributed by atoms with Crippen molar-refractivity contribution in [1.29, 1.82) is 0 Å². The Morgan fingerprint density at radius 3 is 1.49 bits per heavy atom. The molecule has 0 bridgehead atoms. The standard InChI is InChI=1S/C62H64N6O6S2/c1-5-35-67-43-63-39-55(67)41-75(71)59-29-21-53(22-30-59)65-62(70)34-16-48-12-9-14-52(38-48)50-19-27-58(28-20-50)74-46(4)10-6-7-36-68-44-64-40-56(68)42-76(72)60-31-23-54(24-32-60)66-61(69)33-15-47-11-8-13-51(37-47)49-17-25-57(26-18-49)73-45(2)3/h8-9,11-34,37-40,43-46H,5-7,10,35-36,41-42H2,1-4H3,(H,65,70)(H,66,69)/b33-15+,34-16+/t46?,75-,76+/m0/s1. The number of carbonyl (C=O) groups excluding carboxylic acids is 2. The molecule has 0 fully saturated rings. The first-order chi connectivity index (χ1) is 36.9. The number of nitrogens with zero attached hydrogens (tertiary/aromatic N) is 4. The van der Waals surface area contributed by atoms with E-state index in [1.54, 1.807) is 85.7 Å². The Morgan fingerprint density at radius 2 is 1.03 bits per heavy atom. The molecule has 0 radical (unpaired) electrons. The molecular weight excluding hydrogens is 989 g/mol. The topological polar surface area (TPSA) is 146 Å². The van der Waals surface area contributed by atoms with Crippen LogP contribution < -0.4 is 20.1 Å². The third kappa shape index (κ3) is 16.0. The van der Waals surface area contributed by atoms with Gasteiger partial charge < -0.3 is 29.2 Å². The Balaban J connectivity index is 0.732. The molecule has 8 rings (SSSR count). The Bertz CT molecular complexity index is 3290. The minimum atomic E-state index is -1.30. The van der Waals surface area contributed by atoms with Crippen molar-refractivity contribution in [3.8, 4) is 33.8 Å². The number of amides is 2. The number of anilines is 2. The van der Waals surface area contributed by atoms with Gasteiger partial charge in [-0.25, -0.2) is 9.97 Å². The van der Waals surface area contributed by atoms with Gasteiger partial charge in [-0.1, -0.05) is 67.6 Å². The van der Waals surface area contributed by atoms with Crippen LogP contribution in [0, 0.1) is 0 Å². The molecule has 12 nitrogen and oxygen atoms in total. The number of hydrogen-bond acceptors (Lipinski definition) is 8. The summed E-state index contributed by atoms with van der Waals surface area (Å²) in [6.45, 7) is 9.77. The van der Waals surface area contributed by atoms with Crippen molar-refractivity contribution in [3.05, 3.63) is 205 Å². The summed E-state index contributed by atoms with van der Waals surface area (Å²) >= 11 is 0. The Hall–Kier alpha value is -7.94. The average Bonchev–Trinajstić information content (AvgIpc) is 4.07. The van der Waals surface area contributed by atoms with Crippen LogP contribution in [-0.2, 0) is 55.8 Å². The van der Waals surface area contributed by atoms with Gasteiger partial charge in [0.15, 0.2) is 0 Å². The van der Waals surface area contributed by atoms with Crippen molar-refractivity contribution in [2.75, 3.05) is 10.6 Å². The molecule has 0 saturated heterocycles. The van der Waals surface area contributed by atoms with Crippen LogP contribution in [0.5, 0.6) is 11.5 Å². The van der Waals surface area contributed by atoms with Crippen molar-refractivity contribution in [2.45, 2.75) is 100.0 Å². The lowest BCUT2D eigenvalue weighted by Gasteiger charge is -2.15. The highest BCUT2D eigenvalue weighted by Gasteiger charge is 2.13. The molecule has 390 valence electrons. The van der Waals surface area contributed by atoms with Gasteiger partial charge in [-0.2, -0.15) is 0 Å². The first-order valence-electron chi connectivity index (χ1n) is 25.6. The summed E-state index contributed by atoms with van der Waals surface area (Å²) in [7, 11) is -2.53. The summed E-state index contributed by atoms with van der Waals surface area (Å²) in [5, 5.41) is 5.79. The van der Waals surface area contributed by atoms with E-state index in [0.29, 0.717) is 32.7 Å². The van der Waals surface area contributed by atoms with Gasteiger partial charge in [0.2, 0.25) is 11.8 Å². The molecule has 0 aliphatic heterocycles. The molecule has 1 unspecified atom stereocenters. The van der Waals surface area contributed by atoms with Crippen molar-refractivity contribution >= 4 is 56.9 Å². The number of aromatic nitrogens is 4. The molecule has 2 N–H and O–H groups in total. The third-order valence-corrected chi connectivity index (χ3v) is 15.1. The molecule has 76 heavy (non-hydrogen) atoms. The quantitative estimate of drug-likeness (QED) is 0.0425. The molecule has 2 heterocycles. The first-order valence-corrected chi connectivity index (χ1v) is 28.3. The summed E-state index contributed by atoms with van der Waals surface area (Å²) in [5.74, 6) is 1.81. The second-order valence-electron chi connectivity index (χ2n) is 18.7. The van der Waals surface area contributed by atoms with E-state index in [1.165, 1.54) is 12.2 Å². The molecule has 6 aromatic carbocycles. The fourth-order valence-corrected chi connectivity index (χ4v) is 10.7. The highest BCUT2D eigenvalue weighted by Crippen LogP contribution is 2.27. The summed E-state index contributed by atoms with van der Waals surface area (Å²) in [5.41, 5.74) is 9.01. The largest absolute Gasteiger partial charge is 0.491 e. The van der Waals surface area contributed by atoms with Gasteiger partial charge in [-0.05, 0) is 177 Å². The van der Waals surface area contributed by atoms with Crippen molar-refractivity contribution in [3.63, 3.8) is 0 Å². The number of rotatable bonds is 25. The third-order valence-electron chi connectivity index (χ3n) is 12.4. The van der Waals surface area contributed by atoms with E-state index in [4.69, 9.17) is 9.47 Å². The van der Waals surface area contributed by atoms with Crippen LogP contribution in [0.15, 0.2) is 193 Å². The number of benzene rings is 6. The zero-order valence-corrected chi connectivity index (χ0v) is 45.0. The molecule has 3 atom stereocenters. The van der Waals surface area contributed by atoms with Crippen molar-refractivity contribution in [1.82, 2.24) is 19.1 Å². The van der Waals surface area contributed by atoms with Crippen molar-refractivity contribution in [2.24, 2.45) is 0 Å². The van der Waals surface area contributed by atoms with Crippen LogP contribution in [0.2, 0.25) is 0 Å². The van der Waals surface area contributed by atoms with Gasteiger partial charge in [0.25, 0.3) is 0 Å². The second-order valence-corrected chi connectivity index (χ2v) is 21.6. The van der Waals surface area contributed by atoms with Crippen LogP contribution in [-0.4, -0.2) is 51.5 Å². The minimum Gasteiger partial charge on any atom is -0.491 e. The normalized spacial score (nSPS) is 12.7. The van der Waals surface area contributed by atoms with Crippen molar-refractivity contribution < 1.29 is 27.5 Å². The number of unbranched alkanes of at least 4 members (excludes halogenated alkanes) is 1. The average molecular weight is 1050 g/mol. The molecule has 0 aliphatic carbocycles. The highest BCUT2D eigenvalue weighted by molar-refractivity contribution is 7.84. The first kappa shape index (κ1) is 54.3. The molecular formula is C62H64N6O6S2. The van der Waals surface area contributed by atoms with Gasteiger partial charge in [0.1, 0.15) is 11.5 Å². The SMILES string of the molecule is CCCn1cncc1C[S@](=O)c1ccc(NC(=O)/C=C/c2cccc(-c3ccc(OC(C)CCCCn4cncc4C[S@@](=O)c4ccc(NC(=O)/C=C/c5cccc(-c6ccc(OC(C)C)cc6)c5)cc4)cc3)c2)cc1. The molecule has 0 saturated carbocycles. The number of carbonyl (C=O) groups is 2. The lowest BCUT2D eigenvalue weighted by atomic mass is 10.0. The molecule has 14 heteroatoms. The van der Waals surface area contributed by atoms with Gasteiger partial charge in [0, 0.05) is 58.8 Å². The maximum Gasteiger partial charge on any atom is 0.248 e. The summed E-state index contributed by atoms with van der Waals surface area (Å²) in [6.07, 6.45) is 17.5. The smallest absolute Gasteiger partial charge is 0.248 e. The number of ether oxygens (including phenoxy) is 2. The Kier molecular flexibility index (Phi) is 19.3. The number of nitrogens with one attached hydrogen (secondary N) is 2. The Morgan fingerprint density at radius 1 is 0.566 bits per heavy atom. The lowest BCUT2D eigenvalue weighted by Crippen LogP contribution is -2.12. The number of aryl methyl sites for hydroxylation is 2.